The lowest BCUT2D eigenvalue weighted by molar-refractivity contribution is 0.670. The number of azo groups is 1. The van der Waals surface area contributed by atoms with Crippen LogP contribution >= 0.6 is 0 Å². The van der Waals surface area contributed by atoms with Crippen LogP contribution in [0.15, 0.2) is 27.2 Å². The molecule has 0 amide bonds. The van der Waals surface area contributed by atoms with Gasteiger partial charge in [0.15, 0.2) is 0 Å². The van der Waals surface area contributed by atoms with Crippen LogP contribution in [0.3, 0.4) is 0 Å². The van der Waals surface area contributed by atoms with E-state index in [0.717, 1.165) is 5.70 Å². The van der Waals surface area contributed by atoms with Crippen molar-refractivity contribution in [2.45, 2.75) is 0 Å². The van der Waals surface area contributed by atoms with Gasteiger partial charge in [0.1, 0.15) is 5.70 Å². The lowest BCUT2D eigenvalue weighted by atomic mass is 10.5. The standard InChI is InChI=1S/C3H2N5/c1-2-3(6-4-1)7-8-5-2/h1,5H. The number of hydrogen-bond donors (Lipinski definition) is 1. The monoisotopic (exact) mass is 108 g/mol. The summed E-state index contributed by atoms with van der Waals surface area (Å²) in [6.45, 7) is 0. The quantitative estimate of drug-likeness (QED) is 0.456. The summed E-state index contributed by atoms with van der Waals surface area (Å²) in [5.74, 6) is 0.574. The molecule has 2 aliphatic rings. The van der Waals surface area contributed by atoms with E-state index in [1.165, 1.54) is 0 Å². The molecular formula is C3H2N5. The van der Waals surface area contributed by atoms with Crippen molar-refractivity contribution in [3.8, 4) is 0 Å². The van der Waals surface area contributed by atoms with E-state index < -0.39 is 0 Å². The number of nitrogens with one attached hydrogen (secondary N) is 1. The van der Waals surface area contributed by atoms with Gasteiger partial charge < -0.3 is 0 Å². The molecule has 8 heavy (non-hydrogen) atoms. The second kappa shape index (κ2) is 1.06. The van der Waals surface area contributed by atoms with Crippen LogP contribution < -0.4 is 11.0 Å². The van der Waals surface area contributed by atoms with E-state index in [1.54, 1.807) is 6.20 Å². The molecule has 0 saturated carbocycles. The second-order valence-electron chi connectivity index (χ2n) is 1.39. The molecule has 0 aromatic heterocycles. The predicted molar refractivity (Wildman–Crippen MR) is 25.6 cm³/mol. The summed E-state index contributed by atoms with van der Waals surface area (Å²) >= 11 is 0. The first-order valence-corrected chi connectivity index (χ1v) is 2.12. The van der Waals surface area contributed by atoms with Gasteiger partial charge >= 0.3 is 0 Å². The highest BCUT2D eigenvalue weighted by atomic mass is 15.6. The van der Waals surface area contributed by atoms with E-state index in [9.17, 15) is 0 Å². The van der Waals surface area contributed by atoms with Gasteiger partial charge in [-0.05, 0) is 0 Å². The third-order valence-electron chi connectivity index (χ3n) is 0.895. The molecule has 39 valence electrons. The molecular weight excluding hydrogens is 106 g/mol. The summed E-state index contributed by atoms with van der Waals surface area (Å²) in [5.41, 5.74) is 6.88. The van der Waals surface area contributed by atoms with Gasteiger partial charge in [-0.2, -0.15) is 5.11 Å². The summed E-state index contributed by atoms with van der Waals surface area (Å²) in [4.78, 5) is 0. The first kappa shape index (κ1) is 3.59. The van der Waals surface area contributed by atoms with Gasteiger partial charge in [0.25, 0.3) is 0 Å². The van der Waals surface area contributed by atoms with E-state index in [1.807, 2.05) is 0 Å². The van der Waals surface area contributed by atoms with Gasteiger partial charge in [-0.3, -0.25) is 5.43 Å². The Balaban J connectivity index is 2.49. The number of rotatable bonds is 0. The van der Waals surface area contributed by atoms with Crippen LogP contribution in [0.5, 0.6) is 0 Å². The Morgan fingerprint density at radius 3 is 3.38 bits per heavy atom. The minimum Gasteiger partial charge on any atom is -0.254 e. The van der Waals surface area contributed by atoms with Crippen molar-refractivity contribution >= 4 is 5.84 Å². The summed E-state index contributed by atoms with van der Waals surface area (Å²) in [7, 11) is 0. The van der Waals surface area contributed by atoms with Gasteiger partial charge in [-0.25, -0.2) is 0 Å². The van der Waals surface area contributed by atoms with Crippen LogP contribution in [0.2, 0.25) is 0 Å². The van der Waals surface area contributed by atoms with Crippen molar-refractivity contribution in [2.24, 2.45) is 15.3 Å². The molecule has 2 rings (SSSR count). The fourth-order valence-corrected chi connectivity index (χ4v) is 0.532. The van der Waals surface area contributed by atoms with E-state index in [-0.39, 0.29) is 0 Å². The summed E-state index contributed by atoms with van der Waals surface area (Å²) in [5, 5.41) is 10.8. The molecule has 0 aromatic carbocycles. The largest absolute Gasteiger partial charge is 0.254 e. The summed E-state index contributed by atoms with van der Waals surface area (Å²) < 4.78 is 0. The number of nitrogens with zero attached hydrogens (tertiary/aromatic N) is 4. The molecule has 1 radical (unpaired) electrons. The Morgan fingerprint density at radius 2 is 2.50 bits per heavy atom. The van der Waals surface area contributed by atoms with E-state index >= 15 is 0 Å². The minimum atomic E-state index is 0.574. The fourth-order valence-electron chi connectivity index (χ4n) is 0.532. The maximum absolute atomic E-state index is 3.62. The Morgan fingerprint density at radius 1 is 1.50 bits per heavy atom. The van der Waals surface area contributed by atoms with E-state index in [2.05, 4.69) is 26.3 Å². The molecule has 1 N–H and O–H groups in total. The third-order valence-corrected chi connectivity index (χ3v) is 0.895. The van der Waals surface area contributed by atoms with Crippen LogP contribution in [0.25, 0.3) is 0 Å². The zero-order valence-electron chi connectivity index (χ0n) is 3.87. The molecule has 0 unspecified atom stereocenters. The van der Waals surface area contributed by atoms with E-state index in [0.29, 0.717) is 5.84 Å². The highest BCUT2D eigenvalue weighted by Gasteiger charge is 2.16. The minimum absolute atomic E-state index is 0.574. The lowest BCUT2D eigenvalue weighted by Crippen LogP contribution is -2.12. The molecule has 0 aliphatic carbocycles. The Kier molecular flexibility index (Phi) is 0.476. The van der Waals surface area contributed by atoms with Crippen molar-refractivity contribution in [3.63, 3.8) is 0 Å². The number of hydrogen-bond acceptors (Lipinski definition) is 4. The summed E-state index contributed by atoms with van der Waals surface area (Å²) in [6, 6.07) is 0. The SMILES string of the molecule is C1=C2N[N]N=C2N=N1. The van der Waals surface area contributed by atoms with Gasteiger partial charge in [0.05, 0.1) is 6.20 Å². The Labute approximate surface area is 45.1 Å². The van der Waals surface area contributed by atoms with Crippen LogP contribution in [-0.4, -0.2) is 5.84 Å². The van der Waals surface area contributed by atoms with Crippen molar-refractivity contribution in [3.05, 3.63) is 11.9 Å². The van der Waals surface area contributed by atoms with Crippen molar-refractivity contribution in [1.82, 2.24) is 11.0 Å². The molecule has 0 aromatic rings. The number of amidine groups is 1. The number of fused-ring (bicyclic) bond motifs is 1. The smallest absolute Gasteiger partial charge is 0.224 e. The van der Waals surface area contributed by atoms with Crippen LogP contribution in [0.1, 0.15) is 0 Å². The maximum Gasteiger partial charge on any atom is 0.224 e. The van der Waals surface area contributed by atoms with Crippen molar-refractivity contribution in [1.29, 1.82) is 0 Å². The normalized spacial score (nSPS) is 21.0. The predicted octanol–water partition coefficient (Wildman–Crippen LogP) is -0.270. The maximum atomic E-state index is 3.62. The molecule has 0 atom stereocenters. The highest BCUT2D eigenvalue weighted by Crippen LogP contribution is 2.07. The molecule has 0 saturated heterocycles. The molecule has 5 heteroatoms. The third kappa shape index (κ3) is 0.281. The van der Waals surface area contributed by atoms with Gasteiger partial charge in [-0.15, -0.1) is 10.2 Å². The van der Waals surface area contributed by atoms with Crippen molar-refractivity contribution in [2.75, 3.05) is 0 Å². The van der Waals surface area contributed by atoms with Gasteiger partial charge in [0, 0.05) is 0 Å². The van der Waals surface area contributed by atoms with Gasteiger partial charge in [-0.1, -0.05) is 5.53 Å². The van der Waals surface area contributed by atoms with Crippen LogP contribution in [0, 0.1) is 0 Å². The second-order valence-corrected chi connectivity index (χ2v) is 1.39. The zero-order chi connectivity index (χ0) is 5.40. The average molecular weight is 108 g/mol. The molecule has 0 fully saturated rings. The van der Waals surface area contributed by atoms with Crippen LogP contribution in [0.4, 0.5) is 0 Å². The zero-order valence-corrected chi connectivity index (χ0v) is 3.87. The first-order valence-electron chi connectivity index (χ1n) is 2.12. The first-order chi connectivity index (χ1) is 3.97. The fraction of sp³-hybridized carbons (Fsp3) is 0. The van der Waals surface area contributed by atoms with Crippen LogP contribution in [-0.2, 0) is 0 Å². The molecule has 5 nitrogen and oxygen atoms in total. The summed E-state index contributed by atoms with van der Waals surface area (Å²) in [6.07, 6.45) is 1.58. The van der Waals surface area contributed by atoms with Gasteiger partial charge in [0.2, 0.25) is 5.84 Å². The topological polar surface area (TPSA) is 63.2 Å². The molecule has 2 aliphatic heterocycles. The highest BCUT2D eigenvalue weighted by molar-refractivity contribution is 6.00. The molecule has 0 spiro atoms. The lowest BCUT2D eigenvalue weighted by Gasteiger charge is -1.83. The molecule has 0 bridgehead atoms. The Bertz CT molecular complexity index is 200. The molecule has 2 heterocycles. The average Bonchev–Trinajstić information content (AvgIpc) is 2.15. The Hall–Kier alpha value is -1.39. The van der Waals surface area contributed by atoms with Crippen molar-refractivity contribution < 1.29 is 0 Å². The van der Waals surface area contributed by atoms with E-state index in [4.69, 9.17) is 0 Å².